The lowest BCUT2D eigenvalue weighted by atomic mass is 10.2. The van der Waals surface area contributed by atoms with Gasteiger partial charge < -0.3 is 10.1 Å². The van der Waals surface area contributed by atoms with Crippen LogP contribution in [0.25, 0.3) is 0 Å². The predicted molar refractivity (Wildman–Crippen MR) is 86.7 cm³/mol. The molecule has 122 valence electrons. The number of ether oxygens (including phenoxy) is 1. The molecule has 0 unspecified atom stereocenters. The van der Waals surface area contributed by atoms with Crippen molar-refractivity contribution in [1.82, 2.24) is 19.7 Å². The second-order valence-electron chi connectivity index (χ2n) is 5.27. The summed E-state index contributed by atoms with van der Waals surface area (Å²) in [4.78, 5) is 18.3. The molecule has 7 nitrogen and oxygen atoms in total. The van der Waals surface area contributed by atoms with Crippen molar-refractivity contribution in [2.45, 2.75) is 6.54 Å². The van der Waals surface area contributed by atoms with Gasteiger partial charge in [-0.1, -0.05) is 11.6 Å². The van der Waals surface area contributed by atoms with E-state index in [1.165, 1.54) is 6.20 Å². The Hall–Kier alpha value is -1.96. The van der Waals surface area contributed by atoms with Crippen LogP contribution in [0.1, 0.15) is 10.4 Å². The molecule has 1 saturated heterocycles. The van der Waals surface area contributed by atoms with Gasteiger partial charge in [0.15, 0.2) is 0 Å². The predicted octanol–water partition coefficient (Wildman–Crippen LogP) is 1.52. The van der Waals surface area contributed by atoms with Gasteiger partial charge in [-0.3, -0.25) is 14.4 Å². The van der Waals surface area contributed by atoms with Crippen molar-refractivity contribution in [1.29, 1.82) is 0 Å². The molecule has 1 aliphatic rings. The SMILES string of the molecule is O=C(Nc1cnn(CCN2CCOCC2)c1)c1ccc(Cl)nc1. The van der Waals surface area contributed by atoms with Gasteiger partial charge in [0.05, 0.1) is 37.2 Å². The molecular formula is C15H18ClN5O2. The summed E-state index contributed by atoms with van der Waals surface area (Å²) in [7, 11) is 0. The molecule has 1 aliphatic heterocycles. The van der Waals surface area contributed by atoms with E-state index in [0.29, 0.717) is 16.4 Å². The number of aromatic nitrogens is 3. The molecule has 2 aromatic rings. The molecule has 0 spiro atoms. The van der Waals surface area contributed by atoms with Crippen LogP contribution in [0.5, 0.6) is 0 Å². The van der Waals surface area contributed by atoms with Crippen molar-refractivity contribution in [3.05, 3.63) is 41.4 Å². The van der Waals surface area contributed by atoms with Crippen molar-refractivity contribution >= 4 is 23.2 Å². The third kappa shape index (κ3) is 4.51. The van der Waals surface area contributed by atoms with Crippen LogP contribution < -0.4 is 5.32 Å². The van der Waals surface area contributed by atoms with Crippen molar-refractivity contribution in [2.24, 2.45) is 0 Å². The van der Waals surface area contributed by atoms with E-state index in [4.69, 9.17) is 16.3 Å². The number of carbonyl (C=O) groups excluding carboxylic acids is 1. The third-order valence-electron chi connectivity index (χ3n) is 3.63. The molecule has 0 atom stereocenters. The lowest BCUT2D eigenvalue weighted by Gasteiger charge is -2.26. The zero-order valence-electron chi connectivity index (χ0n) is 12.6. The Morgan fingerprint density at radius 3 is 2.83 bits per heavy atom. The molecule has 3 heterocycles. The van der Waals surface area contributed by atoms with Crippen molar-refractivity contribution < 1.29 is 9.53 Å². The Kier molecular flexibility index (Phi) is 5.22. The number of carbonyl (C=O) groups is 1. The lowest BCUT2D eigenvalue weighted by molar-refractivity contribution is 0.0360. The molecule has 0 aliphatic carbocycles. The van der Waals surface area contributed by atoms with E-state index in [9.17, 15) is 4.79 Å². The molecule has 1 amide bonds. The number of hydrogen-bond donors (Lipinski definition) is 1. The number of nitrogens with one attached hydrogen (secondary N) is 1. The van der Waals surface area contributed by atoms with Crippen LogP contribution in [-0.2, 0) is 11.3 Å². The first-order chi connectivity index (χ1) is 11.2. The van der Waals surface area contributed by atoms with Gasteiger partial charge >= 0.3 is 0 Å². The van der Waals surface area contributed by atoms with Crippen LogP contribution in [0.3, 0.4) is 0 Å². The molecule has 3 rings (SSSR count). The van der Waals surface area contributed by atoms with E-state index in [-0.39, 0.29) is 5.91 Å². The molecular weight excluding hydrogens is 318 g/mol. The Labute approximate surface area is 139 Å². The number of halogens is 1. The normalized spacial score (nSPS) is 15.5. The van der Waals surface area contributed by atoms with E-state index in [1.54, 1.807) is 18.3 Å². The molecule has 0 aromatic carbocycles. The van der Waals surface area contributed by atoms with E-state index < -0.39 is 0 Å². The monoisotopic (exact) mass is 335 g/mol. The van der Waals surface area contributed by atoms with Gasteiger partial charge in [0.1, 0.15) is 5.15 Å². The highest BCUT2D eigenvalue weighted by molar-refractivity contribution is 6.29. The van der Waals surface area contributed by atoms with Crippen molar-refractivity contribution in [2.75, 3.05) is 38.2 Å². The summed E-state index contributed by atoms with van der Waals surface area (Å²) < 4.78 is 7.15. The van der Waals surface area contributed by atoms with Gasteiger partial charge in [-0.15, -0.1) is 0 Å². The zero-order valence-corrected chi connectivity index (χ0v) is 13.4. The summed E-state index contributed by atoms with van der Waals surface area (Å²) >= 11 is 5.71. The summed E-state index contributed by atoms with van der Waals surface area (Å²) in [6.07, 6.45) is 4.91. The van der Waals surface area contributed by atoms with Crippen LogP contribution in [0.4, 0.5) is 5.69 Å². The molecule has 23 heavy (non-hydrogen) atoms. The maximum Gasteiger partial charge on any atom is 0.257 e. The first-order valence-corrected chi connectivity index (χ1v) is 7.84. The van der Waals surface area contributed by atoms with Gasteiger partial charge in [-0.2, -0.15) is 5.10 Å². The standard InChI is InChI=1S/C15H18ClN5O2/c16-14-2-1-12(9-17-14)15(22)19-13-10-18-21(11-13)4-3-20-5-7-23-8-6-20/h1-2,9-11H,3-8H2,(H,19,22). The number of hydrogen-bond acceptors (Lipinski definition) is 5. The molecule has 2 aromatic heterocycles. The largest absolute Gasteiger partial charge is 0.379 e. The maximum absolute atomic E-state index is 12.1. The topological polar surface area (TPSA) is 72.3 Å². The number of morpholine rings is 1. The Morgan fingerprint density at radius 1 is 1.26 bits per heavy atom. The molecule has 0 bridgehead atoms. The Bertz CT molecular complexity index is 652. The minimum absolute atomic E-state index is 0.234. The first kappa shape index (κ1) is 15.9. The van der Waals surface area contributed by atoms with Crippen LogP contribution in [0.15, 0.2) is 30.7 Å². The number of anilines is 1. The fourth-order valence-electron chi connectivity index (χ4n) is 2.33. The minimum Gasteiger partial charge on any atom is -0.379 e. The van der Waals surface area contributed by atoms with E-state index in [1.807, 2.05) is 10.9 Å². The van der Waals surface area contributed by atoms with E-state index >= 15 is 0 Å². The zero-order chi connectivity index (χ0) is 16.1. The second-order valence-corrected chi connectivity index (χ2v) is 5.66. The van der Waals surface area contributed by atoms with Gasteiger partial charge in [0.25, 0.3) is 5.91 Å². The number of nitrogens with zero attached hydrogens (tertiary/aromatic N) is 4. The summed E-state index contributed by atoms with van der Waals surface area (Å²) in [6.45, 7) is 5.17. The molecule has 0 radical (unpaired) electrons. The van der Waals surface area contributed by atoms with Gasteiger partial charge in [-0.05, 0) is 12.1 Å². The lowest BCUT2D eigenvalue weighted by Crippen LogP contribution is -2.38. The number of rotatable bonds is 5. The average molecular weight is 336 g/mol. The van der Waals surface area contributed by atoms with Crippen LogP contribution in [0.2, 0.25) is 5.15 Å². The van der Waals surface area contributed by atoms with Crippen LogP contribution in [0, 0.1) is 0 Å². The maximum atomic E-state index is 12.1. The molecule has 1 N–H and O–H groups in total. The highest BCUT2D eigenvalue weighted by Gasteiger charge is 2.11. The average Bonchev–Trinajstić information content (AvgIpc) is 3.02. The van der Waals surface area contributed by atoms with Gasteiger partial charge in [0, 0.05) is 32.0 Å². The highest BCUT2D eigenvalue weighted by Crippen LogP contribution is 2.10. The molecule has 8 heteroatoms. The quantitative estimate of drug-likeness (QED) is 0.839. The minimum atomic E-state index is -0.234. The Morgan fingerprint density at radius 2 is 2.09 bits per heavy atom. The number of amides is 1. The summed E-state index contributed by atoms with van der Waals surface area (Å²) in [5.41, 5.74) is 1.11. The number of pyridine rings is 1. The molecule has 0 saturated carbocycles. The first-order valence-electron chi connectivity index (χ1n) is 7.46. The summed E-state index contributed by atoms with van der Waals surface area (Å²) in [5, 5.41) is 7.42. The Balaban J connectivity index is 1.52. The van der Waals surface area contributed by atoms with Gasteiger partial charge in [0.2, 0.25) is 0 Å². The fourth-order valence-corrected chi connectivity index (χ4v) is 2.44. The molecule has 1 fully saturated rings. The van der Waals surface area contributed by atoms with Gasteiger partial charge in [-0.25, -0.2) is 4.98 Å². The summed E-state index contributed by atoms with van der Waals surface area (Å²) in [6, 6.07) is 3.22. The van der Waals surface area contributed by atoms with Crippen LogP contribution in [-0.4, -0.2) is 58.4 Å². The van der Waals surface area contributed by atoms with Crippen molar-refractivity contribution in [3.8, 4) is 0 Å². The highest BCUT2D eigenvalue weighted by atomic mass is 35.5. The van der Waals surface area contributed by atoms with Crippen molar-refractivity contribution in [3.63, 3.8) is 0 Å². The smallest absolute Gasteiger partial charge is 0.257 e. The second kappa shape index (κ2) is 7.54. The van der Waals surface area contributed by atoms with Crippen LogP contribution >= 0.6 is 11.6 Å². The fraction of sp³-hybridized carbons (Fsp3) is 0.400. The van der Waals surface area contributed by atoms with E-state index in [2.05, 4.69) is 20.3 Å². The third-order valence-corrected chi connectivity index (χ3v) is 3.85. The summed E-state index contributed by atoms with van der Waals surface area (Å²) in [5.74, 6) is -0.234. The van der Waals surface area contributed by atoms with E-state index in [0.717, 1.165) is 39.4 Å².